The fourth-order valence-corrected chi connectivity index (χ4v) is 3.16. The van der Waals surface area contributed by atoms with Gasteiger partial charge in [0.25, 0.3) is 0 Å². The van der Waals surface area contributed by atoms with Crippen molar-refractivity contribution in [2.24, 2.45) is 0 Å². The number of ether oxygens (including phenoxy) is 2. The maximum atomic E-state index is 12.6. The molecule has 27 heavy (non-hydrogen) atoms. The fraction of sp³-hybridized carbons (Fsp3) is 0.182. The second-order valence-corrected chi connectivity index (χ2v) is 6.07. The van der Waals surface area contributed by atoms with E-state index in [1.165, 1.54) is 14.2 Å². The monoisotopic (exact) mass is 363 g/mol. The molecule has 5 heteroatoms. The molecular formula is C22H21NO4. The zero-order valence-corrected chi connectivity index (χ0v) is 15.3. The average molecular weight is 363 g/mol. The Morgan fingerprint density at radius 2 is 1.48 bits per heavy atom. The van der Waals surface area contributed by atoms with Crippen molar-refractivity contribution in [3.05, 3.63) is 95.2 Å². The van der Waals surface area contributed by atoms with Crippen LogP contribution in [0.2, 0.25) is 0 Å². The Balaban J connectivity index is 2.12. The van der Waals surface area contributed by atoms with Gasteiger partial charge < -0.3 is 14.4 Å². The molecule has 138 valence electrons. The maximum absolute atomic E-state index is 12.6. The van der Waals surface area contributed by atoms with Crippen LogP contribution in [0.4, 0.5) is 0 Å². The van der Waals surface area contributed by atoms with Gasteiger partial charge in [-0.05, 0) is 17.2 Å². The number of hydrogen-bond acceptors (Lipinski definition) is 5. The molecule has 2 aromatic carbocycles. The lowest BCUT2D eigenvalue weighted by Crippen LogP contribution is -2.35. The van der Waals surface area contributed by atoms with Crippen LogP contribution in [-0.4, -0.2) is 31.1 Å². The molecule has 0 saturated heterocycles. The van der Waals surface area contributed by atoms with Crippen LogP contribution in [0.5, 0.6) is 0 Å². The van der Waals surface area contributed by atoms with Crippen LogP contribution in [0.15, 0.2) is 84.1 Å². The molecule has 0 saturated carbocycles. The summed E-state index contributed by atoms with van der Waals surface area (Å²) < 4.78 is 9.86. The molecule has 0 radical (unpaired) electrons. The van der Waals surface area contributed by atoms with Crippen molar-refractivity contribution in [2.75, 3.05) is 14.2 Å². The van der Waals surface area contributed by atoms with E-state index in [-0.39, 0.29) is 17.3 Å². The number of hydrogen-bond donors (Lipinski definition) is 0. The van der Waals surface area contributed by atoms with Crippen molar-refractivity contribution >= 4 is 11.9 Å². The number of nitrogens with zero attached hydrogens (tertiary/aromatic N) is 1. The first kappa shape index (κ1) is 18.5. The van der Waals surface area contributed by atoms with Crippen LogP contribution < -0.4 is 0 Å². The van der Waals surface area contributed by atoms with Crippen LogP contribution in [0, 0.1) is 0 Å². The van der Waals surface area contributed by atoms with Crippen molar-refractivity contribution in [3.8, 4) is 0 Å². The molecule has 0 fully saturated rings. The van der Waals surface area contributed by atoms with Crippen LogP contribution in [-0.2, 0) is 25.6 Å². The van der Waals surface area contributed by atoms with E-state index in [4.69, 9.17) is 9.47 Å². The van der Waals surface area contributed by atoms with Gasteiger partial charge in [0, 0.05) is 6.54 Å². The van der Waals surface area contributed by atoms with Gasteiger partial charge in [-0.3, -0.25) is 0 Å². The van der Waals surface area contributed by atoms with Crippen molar-refractivity contribution in [3.63, 3.8) is 0 Å². The quantitative estimate of drug-likeness (QED) is 0.762. The lowest BCUT2D eigenvalue weighted by molar-refractivity contribution is -0.141. The molecule has 0 aliphatic carbocycles. The van der Waals surface area contributed by atoms with Gasteiger partial charge >= 0.3 is 11.9 Å². The molecule has 0 spiro atoms. The minimum Gasteiger partial charge on any atom is -0.465 e. The number of esters is 2. The standard InChI is InChI=1S/C22H21NO4/c1-26-21(24)18-13-14-19(17-11-7-4-8-12-17)23(20(18)22(25)27-2)15-16-9-5-3-6-10-16/h3-14,19H,15H2,1-2H3. The molecule has 0 N–H and O–H groups in total. The van der Waals surface area contributed by atoms with Gasteiger partial charge in [0.15, 0.2) is 0 Å². The van der Waals surface area contributed by atoms with E-state index in [1.54, 1.807) is 6.08 Å². The molecule has 1 unspecified atom stereocenters. The van der Waals surface area contributed by atoms with E-state index >= 15 is 0 Å². The van der Waals surface area contributed by atoms with Crippen molar-refractivity contribution in [2.45, 2.75) is 12.6 Å². The van der Waals surface area contributed by atoms with E-state index in [0.717, 1.165) is 11.1 Å². The topological polar surface area (TPSA) is 55.8 Å². The number of carbonyl (C=O) groups is 2. The van der Waals surface area contributed by atoms with E-state index in [9.17, 15) is 9.59 Å². The van der Waals surface area contributed by atoms with Crippen LogP contribution in [0.3, 0.4) is 0 Å². The highest BCUT2D eigenvalue weighted by Crippen LogP contribution is 2.34. The summed E-state index contributed by atoms with van der Waals surface area (Å²) in [6.45, 7) is 0.440. The third-order valence-corrected chi connectivity index (χ3v) is 4.44. The molecular weight excluding hydrogens is 342 g/mol. The van der Waals surface area contributed by atoms with Crippen molar-refractivity contribution in [1.82, 2.24) is 4.90 Å². The largest absolute Gasteiger partial charge is 0.465 e. The Morgan fingerprint density at radius 1 is 0.889 bits per heavy atom. The van der Waals surface area contributed by atoms with Gasteiger partial charge in [0.1, 0.15) is 5.70 Å². The number of carbonyl (C=O) groups excluding carboxylic acids is 2. The zero-order valence-electron chi connectivity index (χ0n) is 15.3. The summed E-state index contributed by atoms with van der Waals surface area (Å²) in [4.78, 5) is 26.8. The molecule has 0 amide bonds. The lowest BCUT2D eigenvalue weighted by Gasteiger charge is -2.36. The third-order valence-electron chi connectivity index (χ3n) is 4.44. The molecule has 1 aliphatic rings. The predicted molar refractivity (Wildman–Crippen MR) is 101 cm³/mol. The molecule has 2 aromatic rings. The first-order chi connectivity index (χ1) is 13.2. The SMILES string of the molecule is COC(=O)C1=C(C(=O)OC)N(Cc2ccccc2)C(c2ccccc2)C=C1. The summed E-state index contributed by atoms with van der Waals surface area (Å²) in [5.41, 5.74) is 2.41. The molecule has 5 nitrogen and oxygen atoms in total. The minimum absolute atomic E-state index is 0.187. The van der Waals surface area contributed by atoms with Gasteiger partial charge in [0.05, 0.1) is 25.8 Å². The zero-order chi connectivity index (χ0) is 19.2. The number of rotatable bonds is 5. The number of benzene rings is 2. The molecule has 3 rings (SSSR count). The highest BCUT2D eigenvalue weighted by atomic mass is 16.5. The molecule has 0 bridgehead atoms. The van der Waals surface area contributed by atoms with Crippen LogP contribution >= 0.6 is 0 Å². The van der Waals surface area contributed by atoms with E-state index in [0.29, 0.717) is 6.54 Å². The summed E-state index contributed by atoms with van der Waals surface area (Å²) in [6.07, 6.45) is 3.54. The molecule has 1 aliphatic heterocycles. The second kappa shape index (κ2) is 8.36. The minimum atomic E-state index is -0.573. The first-order valence-corrected chi connectivity index (χ1v) is 8.60. The van der Waals surface area contributed by atoms with E-state index in [2.05, 4.69) is 0 Å². The Bertz CT molecular complexity index is 872. The Morgan fingerprint density at radius 3 is 2.07 bits per heavy atom. The Labute approximate surface area is 158 Å². The predicted octanol–water partition coefficient (Wildman–Crippen LogP) is 3.40. The molecule has 1 atom stereocenters. The number of methoxy groups -OCH3 is 2. The summed E-state index contributed by atoms with van der Waals surface area (Å²) in [5.74, 6) is -1.15. The third kappa shape index (κ3) is 3.92. The van der Waals surface area contributed by atoms with Gasteiger partial charge in [-0.1, -0.05) is 66.7 Å². The molecule has 0 aromatic heterocycles. The van der Waals surface area contributed by atoms with Crippen LogP contribution in [0.1, 0.15) is 17.2 Å². The molecule has 1 heterocycles. The second-order valence-electron chi connectivity index (χ2n) is 6.07. The van der Waals surface area contributed by atoms with E-state index in [1.807, 2.05) is 71.6 Å². The Kier molecular flexibility index (Phi) is 5.71. The first-order valence-electron chi connectivity index (χ1n) is 8.60. The normalized spacial score (nSPS) is 16.2. The average Bonchev–Trinajstić information content (AvgIpc) is 2.73. The lowest BCUT2D eigenvalue weighted by atomic mass is 9.96. The van der Waals surface area contributed by atoms with Gasteiger partial charge in [-0.15, -0.1) is 0 Å². The van der Waals surface area contributed by atoms with Crippen molar-refractivity contribution < 1.29 is 19.1 Å². The van der Waals surface area contributed by atoms with Crippen LogP contribution in [0.25, 0.3) is 0 Å². The summed E-state index contributed by atoms with van der Waals surface area (Å²) in [7, 11) is 2.60. The summed E-state index contributed by atoms with van der Waals surface area (Å²) >= 11 is 0. The van der Waals surface area contributed by atoms with Gasteiger partial charge in [-0.2, -0.15) is 0 Å². The van der Waals surface area contributed by atoms with Gasteiger partial charge in [0.2, 0.25) is 0 Å². The summed E-state index contributed by atoms with van der Waals surface area (Å²) in [6, 6.07) is 19.4. The highest BCUT2D eigenvalue weighted by Gasteiger charge is 2.34. The van der Waals surface area contributed by atoms with Crippen molar-refractivity contribution in [1.29, 1.82) is 0 Å². The Hall–Kier alpha value is -3.34. The maximum Gasteiger partial charge on any atom is 0.355 e. The smallest absolute Gasteiger partial charge is 0.355 e. The van der Waals surface area contributed by atoms with Gasteiger partial charge in [-0.25, -0.2) is 9.59 Å². The summed E-state index contributed by atoms with van der Waals surface area (Å²) in [5, 5.41) is 0. The highest BCUT2D eigenvalue weighted by molar-refractivity contribution is 6.02. The fourth-order valence-electron chi connectivity index (χ4n) is 3.16. The van der Waals surface area contributed by atoms with E-state index < -0.39 is 11.9 Å².